The number of nitro benzene ring substituents is 1. The Bertz CT molecular complexity index is 899. The van der Waals surface area contributed by atoms with Crippen molar-refractivity contribution in [2.45, 2.75) is 11.1 Å². The van der Waals surface area contributed by atoms with Crippen molar-refractivity contribution in [3.05, 3.63) is 63.7 Å². The molecule has 0 amide bonds. The van der Waals surface area contributed by atoms with Crippen LogP contribution in [0.1, 0.15) is 15.9 Å². The zero-order valence-electron chi connectivity index (χ0n) is 14.2. The first-order valence-electron chi connectivity index (χ1n) is 7.49. The van der Waals surface area contributed by atoms with Gasteiger partial charge in [0.1, 0.15) is 5.75 Å². The molecule has 2 rings (SSSR count). The Balaban J connectivity index is 2.04. The molecule has 2 aromatic carbocycles. The van der Waals surface area contributed by atoms with Crippen LogP contribution in [-0.4, -0.2) is 29.7 Å². The first-order valence-corrected chi connectivity index (χ1v) is 8.48. The van der Waals surface area contributed by atoms with Crippen LogP contribution in [0.4, 0.5) is 18.9 Å². The van der Waals surface area contributed by atoms with Crippen molar-refractivity contribution in [3.63, 3.8) is 0 Å². The lowest BCUT2D eigenvalue weighted by molar-refractivity contribution is -0.388. The number of ether oxygens (including phenoxy) is 2. The summed E-state index contributed by atoms with van der Waals surface area (Å²) in [5, 5.41) is 11.0. The Labute approximate surface area is 160 Å². The molecule has 0 heterocycles. The Hall–Kier alpha value is -3.08. The predicted octanol–water partition coefficient (Wildman–Crippen LogP) is 4.10. The summed E-state index contributed by atoms with van der Waals surface area (Å²) in [7, 11) is 1.22. The molecular weight excluding hydrogens is 403 g/mol. The lowest BCUT2D eigenvalue weighted by Gasteiger charge is -2.09. The molecule has 28 heavy (non-hydrogen) atoms. The van der Waals surface area contributed by atoms with Crippen LogP contribution in [0.15, 0.2) is 47.4 Å². The third kappa shape index (κ3) is 5.46. The van der Waals surface area contributed by atoms with E-state index in [9.17, 15) is 32.9 Å². The highest BCUT2D eigenvalue weighted by Crippen LogP contribution is 2.36. The van der Waals surface area contributed by atoms with Crippen LogP contribution in [0.2, 0.25) is 0 Å². The second-order valence-corrected chi connectivity index (χ2v) is 6.23. The van der Waals surface area contributed by atoms with Crippen LogP contribution in [0.25, 0.3) is 0 Å². The summed E-state index contributed by atoms with van der Waals surface area (Å²) in [5.41, 5.74) is -1.66. The van der Waals surface area contributed by atoms with E-state index in [2.05, 4.69) is 4.74 Å². The summed E-state index contributed by atoms with van der Waals surface area (Å²) in [6.45, 7) is 0. The van der Waals surface area contributed by atoms with Crippen LogP contribution < -0.4 is 4.74 Å². The van der Waals surface area contributed by atoms with E-state index in [-0.39, 0.29) is 22.0 Å². The van der Waals surface area contributed by atoms with Crippen molar-refractivity contribution >= 4 is 29.4 Å². The van der Waals surface area contributed by atoms with E-state index in [0.717, 1.165) is 6.07 Å². The predicted molar refractivity (Wildman–Crippen MR) is 92.2 cm³/mol. The van der Waals surface area contributed by atoms with Gasteiger partial charge in [0.05, 0.1) is 33.8 Å². The van der Waals surface area contributed by atoms with Gasteiger partial charge in [-0.1, -0.05) is 0 Å². The normalized spacial score (nSPS) is 11.0. The van der Waals surface area contributed by atoms with Crippen molar-refractivity contribution in [3.8, 4) is 5.75 Å². The van der Waals surface area contributed by atoms with E-state index >= 15 is 0 Å². The number of hydrogen-bond donors (Lipinski definition) is 0. The van der Waals surface area contributed by atoms with Gasteiger partial charge < -0.3 is 9.47 Å². The molecule has 0 bridgehead atoms. The molecule has 11 heteroatoms. The molecule has 0 radical (unpaired) electrons. The number of hydrogen-bond acceptors (Lipinski definition) is 7. The summed E-state index contributed by atoms with van der Waals surface area (Å²) in [5.74, 6) is -1.58. The average molecular weight is 415 g/mol. The van der Waals surface area contributed by atoms with Crippen LogP contribution in [-0.2, 0) is 15.7 Å². The van der Waals surface area contributed by atoms with E-state index in [0.29, 0.717) is 23.9 Å². The highest BCUT2D eigenvalue weighted by molar-refractivity contribution is 8.00. The molecule has 2 aromatic rings. The molecule has 0 saturated heterocycles. The minimum Gasteiger partial charge on any atom is -0.465 e. The summed E-state index contributed by atoms with van der Waals surface area (Å²) in [6.07, 6.45) is -4.72. The minimum absolute atomic E-state index is 0.101. The molecule has 0 aliphatic heterocycles. The third-order valence-corrected chi connectivity index (χ3v) is 4.37. The van der Waals surface area contributed by atoms with Crippen molar-refractivity contribution in [1.29, 1.82) is 0 Å². The van der Waals surface area contributed by atoms with Gasteiger partial charge in [-0.3, -0.25) is 14.9 Å². The van der Waals surface area contributed by atoms with E-state index in [1.54, 1.807) is 0 Å². The number of carbonyl (C=O) groups is 2. The topological polar surface area (TPSA) is 95.7 Å². The zero-order chi connectivity index (χ0) is 20.9. The Morgan fingerprint density at radius 3 is 2.32 bits per heavy atom. The fraction of sp³-hybridized carbons (Fsp3) is 0.176. The molecule has 0 atom stereocenters. The molecule has 0 saturated carbocycles. The highest BCUT2D eigenvalue weighted by Gasteiger charge is 2.33. The maximum Gasteiger partial charge on any atom is 0.416 e. The lowest BCUT2D eigenvalue weighted by Crippen LogP contribution is -2.11. The molecular formula is C17H12F3NO6S. The summed E-state index contributed by atoms with van der Waals surface area (Å²) >= 11 is 0.676. The first-order chi connectivity index (χ1) is 13.1. The number of methoxy groups -OCH3 is 1. The fourth-order valence-corrected chi connectivity index (χ4v) is 2.81. The number of halogens is 3. The number of rotatable bonds is 6. The lowest BCUT2D eigenvalue weighted by atomic mass is 10.2. The number of alkyl halides is 3. The van der Waals surface area contributed by atoms with Gasteiger partial charge in [0.25, 0.3) is 5.69 Å². The van der Waals surface area contributed by atoms with Gasteiger partial charge in [-0.2, -0.15) is 13.2 Å². The second kappa shape index (κ2) is 8.74. The van der Waals surface area contributed by atoms with Crippen molar-refractivity contribution < 1.29 is 37.2 Å². The van der Waals surface area contributed by atoms with Crippen molar-refractivity contribution in [2.75, 3.05) is 12.9 Å². The number of esters is 2. The van der Waals surface area contributed by atoms with Crippen LogP contribution in [0.5, 0.6) is 5.75 Å². The molecule has 0 aliphatic carbocycles. The van der Waals surface area contributed by atoms with E-state index < -0.39 is 34.3 Å². The van der Waals surface area contributed by atoms with Crippen molar-refractivity contribution in [2.24, 2.45) is 0 Å². The van der Waals surface area contributed by atoms with E-state index in [4.69, 9.17) is 4.74 Å². The van der Waals surface area contributed by atoms with Gasteiger partial charge in [0.2, 0.25) is 0 Å². The van der Waals surface area contributed by atoms with Crippen LogP contribution in [0, 0.1) is 10.1 Å². The Morgan fingerprint density at radius 2 is 1.79 bits per heavy atom. The maximum atomic E-state index is 12.7. The number of carbonyl (C=O) groups excluding carboxylic acids is 2. The average Bonchev–Trinajstić information content (AvgIpc) is 2.65. The highest BCUT2D eigenvalue weighted by atomic mass is 32.2. The van der Waals surface area contributed by atoms with Crippen LogP contribution in [0.3, 0.4) is 0 Å². The molecule has 7 nitrogen and oxygen atoms in total. The SMILES string of the molecule is COC(=O)c1ccc(OC(=O)CSc2ccc(C(F)(F)F)cc2[N+](=O)[O-])cc1. The number of nitrogens with zero attached hydrogens (tertiary/aromatic N) is 1. The molecule has 0 N–H and O–H groups in total. The molecule has 148 valence electrons. The third-order valence-electron chi connectivity index (χ3n) is 3.34. The Kier molecular flexibility index (Phi) is 6.62. The molecule has 0 aromatic heterocycles. The Morgan fingerprint density at radius 1 is 1.14 bits per heavy atom. The van der Waals surface area contributed by atoms with Gasteiger partial charge in [-0.25, -0.2) is 4.79 Å². The number of nitro groups is 1. The quantitative estimate of drug-likeness (QED) is 0.230. The molecule has 0 fully saturated rings. The van der Waals surface area contributed by atoms with Gasteiger partial charge in [-0.15, -0.1) is 11.8 Å². The van der Waals surface area contributed by atoms with E-state index in [1.165, 1.54) is 31.4 Å². The number of thioether (sulfide) groups is 1. The maximum absolute atomic E-state index is 12.7. The largest absolute Gasteiger partial charge is 0.465 e. The van der Waals surface area contributed by atoms with E-state index in [1.807, 2.05) is 0 Å². The monoisotopic (exact) mass is 415 g/mol. The second-order valence-electron chi connectivity index (χ2n) is 5.22. The minimum atomic E-state index is -4.72. The van der Waals surface area contributed by atoms with Crippen LogP contribution >= 0.6 is 11.8 Å². The van der Waals surface area contributed by atoms with Gasteiger partial charge in [0, 0.05) is 6.07 Å². The van der Waals surface area contributed by atoms with Gasteiger partial charge in [-0.05, 0) is 36.4 Å². The standard InChI is InChI=1S/C17H12F3NO6S/c1-26-16(23)10-2-5-12(6-3-10)27-15(22)9-28-14-7-4-11(17(18,19)20)8-13(14)21(24)25/h2-8H,9H2,1H3. The smallest absolute Gasteiger partial charge is 0.416 e. The molecule has 0 aliphatic rings. The molecule has 0 spiro atoms. The molecule has 0 unspecified atom stereocenters. The summed E-state index contributed by atoms with van der Waals surface area (Å²) in [4.78, 5) is 33.2. The van der Waals surface area contributed by atoms with Gasteiger partial charge >= 0.3 is 18.1 Å². The zero-order valence-corrected chi connectivity index (χ0v) is 15.0. The fourth-order valence-electron chi connectivity index (χ4n) is 2.03. The van der Waals surface area contributed by atoms with Crippen molar-refractivity contribution in [1.82, 2.24) is 0 Å². The number of benzene rings is 2. The van der Waals surface area contributed by atoms with Gasteiger partial charge in [0.15, 0.2) is 0 Å². The first kappa shape index (κ1) is 21.2. The summed E-state index contributed by atoms with van der Waals surface area (Å²) in [6, 6.07) is 7.52. The summed E-state index contributed by atoms with van der Waals surface area (Å²) < 4.78 is 47.6.